The molecule has 0 atom stereocenters. The maximum atomic E-state index is 12.1. The lowest BCUT2D eigenvalue weighted by Crippen LogP contribution is -2.26. The SMILES string of the molecule is CC(C)(C)C(=O)COc1ccc(CNc2c(Cl)ccc3c2CCNCC3)cc1Cl.O=C(O)CCC(=O)O. The van der Waals surface area contributed by atoms with Gasteiger partial charge in [-0.05, 0) is 60.8 Å². The molecule has 10 heteroatoms. The van der Waals surface area contributed by atoms with Crippen LogP contribution in [0.3, 0.4) is 0 Å². The maximum absolute atomic E-state index is 12.1. The molecular weight excluding hydrogens is 519 g/mol. The van der Waals surface area contributed by atoms with Gasteiger partial charge in [0.25, 0.3) is 0 Å². The summed E-state index contributed by atoms with van der Waals surface area (Å²) in [5.41, 5.74) is 4.21. The Morgan fingerprint density at radius 3 is 2.22 bits per heavy atom. The Morgan fingerprint density at radius 2 is 1.62 bits per heavy atom. The predicted octanol–water partition coefficient (Wildman–Crippen LogP) is 5.22. The van der Waals surface area contributed by atoms with Gasteiger partial charge in [0.2, 0.25) is 0 Å². The first-order valence-electron chi connectivity index (χ1n) is 12.0. The highest BCUT2D eigenvalue weighted by molar-refractivity contribution is 6.33. The Balaban J connectivity index is 0.000000521. The Kier molecular flexibility index (Phi) is 11.7. The highest BCUT2D eigenvalue weighted by Crippen LogP contribution is 2.32. The molecule has 2 aromatic carbocycles. The number of rotatable bonds is 9. The number of hydrogen-bond acceptors (Lipinski definition) is 6. The molecule has 0 amide bonds. The summed E-state index contributed by atoms with van der Waals surface area (Å²) < 4.78 is 5.62. The van der Waals surface area contributed by atoms with Crippen molar-refractivity contribution in [2.24, 2.45) is 5.41 Å². The van der Waals surface area contributed by atoms with Crippen molar-refractivity contribution >= 4 is 46.6 Å². The molecule has 0 spiro atoms. The van der Waals surface area contributed by atoms with Crippen molar-refractivity contribution in [3.05, 3.63) is 57.1 Å². The first-order valence-corrected chi connectivity index (χ1v) is 12.8. The van der Waals surface area contributed by atoms with E-state index in [-0.39, 0.29) is 25.2 Å². The maximum Gasteiger partial charge on any atom is 0.303 e. The first-order chi connectivity index (χ1) is 17.4. The van der Waals surface area contributed by atoms with Gasteiger partial charge in [-0.2, -0.15) is 0 Å². The van der Waals surface area contributed by atoms with Crippen LogP contribution in [0, 0.1) is 5.41 Å². The van der Waals surface area contributed by atoms with E-state index in [0.29, 0.717) is 17.3 Å². The van der Waals surface area contributed by atoms with E-state index in [1.807, 2.05) is 45.0 Å². The number of carbonyl (C=O) groups excluding carboxylic acids is 1. The molecule has 4 N–H and O–H groups in total. The molecule has 37 heavy (non-hydrogen) atoms. The quantitative estimate of drug-likeness (QED) is 0.333. The lowest BCUT2D eigenvalue weighted by molar-refractivity contribution is -0.143. The minimum absolute atomic E-state index is 0.0145. The number of carbonyl (C=O) groups is 3. The molecule has 1 aliphatic rings. The monoisotopic (exact) mass is 552 g/mol. The van der Waals surface area contributed by atoms with Gasteiger partial charge in [-0.25, -0.2) is 0 Å². The van der Waals surface area contributed by atoms with Crippen molar-refractivity contribution in [3.63, 3.8) is 0 Å². The second-order valence-corrected chi connectivity index (χ2v) is 10.5. The van der Waals surface area contributed by atoms with Crippen LogP contribution < -0.4 is 15.4 Å². The number of fused-ring (bicyclic) bond motifs is 1. The second kappa shape index (κ2) is 14.2. The molecule has 0 saturated carbocycles. The molecule has 3 rings (SSSR count). The zero-order chi connectivity index (χ0) is 27.6. The summed E-state index contributed by atoms with van der Waals surface area (Å²) >= 11 is 12.9. The Hall–Kier alpha value is -2.81. The number of Topliss-reactive ketones (excluding diaryl/α,β-unsaturated/α-hetero) is 1. The molecule has 0 saturated heterocycles. The van der Waals surface area contributed by atoms with Crippen molar-refractivity contribution in [1.82, 2.24) is 5.32 Å². The molecule has 1 aliphatic heterocycles. The van der Waals surface area contributed by atoms with Crippen LogP contribution in [-0.4, -0.2) is 47.6 Å². The van der Waals surface area contributed by atoms with Gasteiger partial charge in [0.1, 0.15) is 12.4 Å². The number of carboxylic acid groups (broad SMARTS) is 2. The summed E-state index contributed by atoms with van der Waals surface area (Å²) in [4.78, 5) is 31.3. The van der Waals surface area contributed by atoms with Gasteiger partial charge in [0.05, 0.1) is 28.6 Å². The van der Waals surface area contributed by atoms with E-state index in [9.17, 15) is 14.4 Å². The molecule has 0 aliphatic carbocycles. The molecule has 0 fully saturated rings. The van der Waals surface area contributed by atoms with E-state index in [1.165, 1.54) is 11.1 Å². The van der Waals surface area contributed by atoms with E-state index < -0.39 is 17.4 Å². The summed E-state index contributed by atoms with van der Waals surface area (Å²) in [6.07, 6.45) is 1.37. The van der Waals surface area contributed by atoms with E-state index in [2.05, 4.69) is 16.7 Å². The van der Waals surface area contributed by atoms with Crippen molar-refractivity contribution in [1.29, 1.82) is 0 Å². The minimum atomic E-state index is -1.08. The zero-order valence-corrected chi connectivity index (χ0v) is 22.8. The fourth-order valence-electron chi connectivity index (χ4n) is 3.47. The molecule has 1 heterocycles. The van der Waals surface area contributed by atoms with Crippen LogP contribution in [0.15, 0.2) is 30.3 Å². The van der Waals surface area contributed by atoms with E-state index in [4.69, 9.17) is 38.2 Å². The third kappa shape index (κ3) is 10.2. The van der Waals surface area contributed by atoms with Gasteiger partial charge >= 0.3 is 11.9 Å². The lowest BCUT2D eigenvalue weighted by Gasteiger charge is -2.18. The molecular formula is C27H34Cl2N2O6. The normalized spacial score (nSPS) is 12.9. The summed E-state index contributed by atoms with van der Waals surface area (Å²) in [5, 5.41) is 23.9. The minimum Gasteiger partial charge on any atom is -0.484 e. The fraction of sp³-hybridized carbons (Fsp3) is 0.444. The van der Waals surface area contributed by atoms with Gasteiger partial charge in [-0.3, -0.25) is 14.4 Å². The van der Waals surface area contributed by atoms with Crippen LogP contribution in [0.2, 0.25) is 10.0 Å². The van der Waals surface area contributed by atoms with Gasteiger partial charge in [-0.15, -0.1) is 0 Å². The molecule has 0 radical (unpaired) electrons. The van der Waals surface area contributed by atoms with E-state index >= 15 is 0 Å². The van der Waals surface area contributed by atoms with Gasteiger partial charge < -0.3 is 25.6 Å². The smallest absolute Gasteiger partial charge is 0.303 e. The predicted molar refractivity (Wildman–Crippen MR) is 145 cm³/mol. The van der Waals surface area contributed by atoms with Crippen LogP contribution in [-0.2, 0) is 33.8 Å². The number of carboxylic acids is 2. The van der Waals surface area contributed by atoms with Gasteiger partial charge in [0, 0.05) is 12.0 Å². The summed E-state index contributed by atoms with van der Waals surface area (Å²) in [5.74, 6) is -1.60. The first kappa shape index (κ1) is 30.4. The third-order valence-electron chi connectivity index (χ3n) is 5.70. The highest BCUT2D eigenvalue weighted by atomic mass is 35.5. The summed E-state index contributed by atoms with van der Waals surface area (Å²) in [7, 11) is 0. The van der Waals surface area contributed by atoms with Crippen molar-refractivity contribution in [2.75, 3.05) is 25.0 Å². The van der Waals surface area contributed by atoms with Crippen LogP contribution >= 0.6 is 23.2 Å². The number of ether oxygens (including phenoxy) is 1. The summed E-state index contributed by atoms with van der Waals surface area (Å²) in [6, 6.07) is 9.71. The number of ketones is 1. The Bertz CT molecular complexity index is 1100. The standard InChI is InChI=1S/C23H28Cl2N2O2.C4H6O4/c1-23(2,3)21(28)14-29-20-7-4-15(12-19(20)25)13-27-22-17-9-11-26-10-8-16(17)5-6-18(22)24;5-3(6)1-2-4(7)8/h4-7,12,26-27H,8-11,13-14H2,1-3H3;1-2H2,(H,5,6)(H,7,8). The number of hydrogen-bond donors (Lipinski definition) is 4. The number of halogens is 2. The fourth-order valence-corrected chi connectivity index (χ4v) is 3.97. The molecule has 8 nitrogen and oxygen atoms in total. The lowest BCUT2D eigenvalue weighted by atomic mass is 9.91. The molecule has 0 aromatic heterocycles. The van der Waals surface area contributed by atoms with Crippen molar-refractivity contribution < 1.29 is 29.3 Å². The van der Waals surface area contributed by atoms with E-state index in [0.717, 1.165) is 42.2 Å². The number of nitrogens with one attached hydrogen (secondary N) is 2. The van der Waals surface area contributed by atoms with Crippen molar-refractivity contribution in [2.45, 2.75) is 53.0 Å². The van der Waals surface area contributed by atoms with Gasteiger partial charge in [-0.1, -0.05) is 56.1 Å². The molecule has 0 unspecified atom stereocenters. The topological polar surface area (TPSA) is 125 Å². The Labute approximate surface area is 227 Å². The molecule has 2 aromatic rings. The number of aliphatic carboxylic acids is 2. The third-order valence-corrected chi connectivity index (χ3v) is 6.31. The molecule has 0 bridgehead atoms. The average Bonchev–Trinajstić information content (AvgIpc) is 3.07. The zero-order valence-electron chi connectivity index (χ0n) is 21.3. The van der Waals surface area contributed by atoms with Crippen LogP contribution in [0.1, 0.15) is 50.3 Å². The van der Waals surface area contributed by atoms with Crippen LogP contribution in [0.25, 0.3) is 0 Å². The molecule has 202 valence electrons. The average molecular weight is 553 g/mol. The van der Waals surface area contributed by atoms with E-state index in [1.54, 1.807) is 0 Å². The van der Waals surface area contributed by atoms with Crippen molar-refractivity contribution in [3.8, 4) is 5.75 Å². The largest absolute Gasteiger partial charge is 0.484 e. The number of anilines is 1. The Morgan fingerprint density at radius 1 is 0.973 bits per heavy atom. The highest BCUT2D eigenvalue weighted by Gasteiger charge is 2.22. The van der Waals surface area contributed by atoms with Crippen LogP contribution in [0.4, 0.5) is 5.69 Å². The number of benzene rings is 2. The second-order valence-electron chi connectivity index (χ2n) is 9.68. The van der Waals surface area contributed by atoms with Crippen LogP contribution in [0.5, 0.6) is 5.75 Å². The van der Waals surface area contributed by atoms with Gasteiger partial charge in [0.15, 0.2) is 5.78 Å². The summed E-state index contributed by atoms with van der Waals surface area (Å²) in [6.45, 7) is 8.18.